The number of methoxy groups -OCH3 is 3. The van der Waals surface area contributed by atoms with Gasteiger partial charge in [-0.15, -0.1) is 0 Å². The molecule has 0 spiro atoms. The lowest BCUT2D eigenvalue weighted by molar-refractivity contribution is -0.121. The van der Waals surface area contributed by atoms with Crippen molar-refractivity contribution in [3.05, 3.63) is 53.1 Å². The molecule has 5 nitrogen and oxygen atoms in total. The fourth-order valence-corrected chi connectivity index (χ4v) is 3.07. The number of hydrogen-bond donors (Lipinski definition) is 1. The van der Waals surface area contributed by atoms with E-state index in [0.717, 1.165) is 22.4 Å². The van der Waals surface area contributed by atoms with Gasteiger partial charge in [0, 0.05) is 0 Å². The van der Waals surface area contributed by atoms with Crippen LogP contribution in [0.1, 0.15) is 22.7 Å². The fourth-order valence-electron chi connectivity index (χ4n) is 3.07. The Balaban J connectivity index is 1.93. The molecule has 1 N–H and O–H groups in total. The molecule has 0 fully saturated rings. The van der Waals surface area contributed by atoms with Gasteiger partial charge in [0.15, 0.2) is 11.5 Å². The number of carbonyl (C=O) groups excluding carboxylic acids is 1. The van der Waals surface area contributed by atoms with Crippen LogP contribution in [0.4, 0.5) is 0 Å². The third-order valence-electron chi connectivity index (χ3n) is 4.31. The van der Waals surface area contributed by atoms with Gasteiger partial charge in [0.1, 0.15) is 5.75 Å². The van der Waals surface area contributed by atoms with E-state index in [4.69, 9.17) is 14.2 Å². The van der Waals surface area contributed by atoms with Gasteiger partial charge in [-0.1, -0.05) is 12.1 Å². The van der Waals surface area contributed by atoms with Crippen molar-refractivity contribution < 1.29 is 19.0 Å². The summed E-state index contributed by atoms with van der Waals surface area (Å²) in [5.74, 6) is 2.16. The minimum absolute atomic E-state index is 0.0215. The Morgan fingerprint density at radius 1 is 1.00 bits per heavy atom. The van der Waals surface area contributed by atoms with Crippen molar-refractivity contribution in [1.29, 1.82) is 0 Å². The van der Waals surface area contributed by atoms with Gasteiger partial charge >= 0.3 is 0 Å². The number of hydrogen-bond acceptors (Lipinski definition) is 4. The minimum Gasteiger partial charge on any atom is -0.497 e. The zero-order valence-electron chi connectivity index (χ0n) is 14.1. The highest BCUT2D eigenvalue weighted by atomic mass is 16.5. The van der Waals surface area contributed by atoms with Crippen molar-refractivity contribution in [2.75, 3.05) is 21.3 Å². The highest BCUT2D eigenvalue weighted by Gasteiger charge is 2.26. The molecule has 24 heavy (non-hydrogen) atoms. The smallest absolute Gasteiger partial charge is 0.224 e. The number of rotatable bonds is 5. The van der Waals surface area contributed by atoms with Gasteiger partial charge < -0.3 is 19.5 Å². The summed E-state index contributed by atoms with van der Waals surface area (Å²) in [6, 6.07) is 11.6. The van der Waals surface area contributed by atoms with Crippen LogP contribution >= 0.6 is 0 Å². The quantitative estimate of drug-likeness (QED) is 0.917. The second kappa shape index (κ2) is 6.83. The molecule has 0 saturated carbocycles. The van der Waals surface area contributed by atoms with Crippen LogP contribution in [0.5, 0.6) is 17.2 Å². The molecule has 126 valence electrons. The number of benzene rings is 2. The Morgan fingerprint density at radius 3 is 2.29 bits per heavy atom. The molecule has 0 aliphatic carbocycles. The third kappa shape index (κ3) is 3.15. The topological polar surface area (TPSA) is 56.8 Å². The number of nitrogens with one attached hydrogen (secondary N) is 1. The molecule has 2 aromatic rings. The van der Waals surface area contributed by atoms with Gasteiger partial charge in [0.25, 0.3) is 0 Å². The molecule has 1 amide bonds. The molecule has 1 atom stereocenters. The lowest BCUT2D eigenvalue weighted by atomic mass is 9.89. The maximum atomic E-state index is 12.1. The summed E-state index contributed by atoms with van der Waals surface area (Å²) in [5, 5.41) is 3.07. The Labute approximate surface area is 141 Å². The van der Waals surface area contributed by atoms with Crippen LogP contribution in [0.2, 0.25) is 0 Å². The SMILES string of the molecule is COc1ccc(C[C@@H]2NC(=O)Cc3cc(OC)c(OC)cc32)cc1. The zero-order valence-corrected chi connectivity index (χ0v) is 14.1. The standard InChI is InChI=1S/C19H21NO4/c1-22-14-6-4-12(5-7-14)8-16-15-11-18(24-3)17(23-2)9-13(15)10-19(21)20-16/h4-7,9,11,16H,8,10H2,1-3H3,(H,20,21)/t16-/m0/s1. The van der Waals surface area contributed by atoms with Crippen LogP contribution in [0.25, 0.3) is 0 Å². The molecular weight excluding hydrogens is 306 g/mol. The van der Waals surface area contributed by atoms with Crippen LogP contribution in [0.15, 0.2) is 36.4 Å². The first-order chi connectivity index (χ1) is 11.6. The predicted octanol–water partition coefficient (Wildman–Crippen LogP) is 2.67. The lowest BCUT2D eigenvalue weighted by Gasteiger charge is -2.28. The molecule has 2 aromatic carbocycles. The van der Waals surface area contributed by atoms with Gasteiger partial charge in [0.2, 0.25) is 5.91 Å². The normalized spacial score (nSPS) is 16.1. The minimum atomic E-state index is -0.0885. The predicted molar refractivity (Wildman–Crippen MR) is 90.8 cm³/mol. The maximum absolute atomic E-state index is 12.1. The second-order valence-corrected chi connectivity index (χ2v) is 5.76. The van der Waals surface area contributed by atoms with E-state index in [-0.39, 0.29) is 11.9 Å². The summed E-state index contributed by atoms with van der Waals surface area (Å²) in [7, 11) is 4.86. The van der Waals surface area contributed by atoms with Crippen LogP contribution in [0, 0.1) is 0 Å². The van der Waals surface area contributed by atoms with Crippen molar-refractivity contribution in [1.82, 2.24) is 5.32 Å². The number of fused-ring (bicyclic) bond motifs is 1. The molecule has 1 aliphatic heterocycles. The first-order valence-electron chi connectivity index (χ1n) is 7.81. The first kappa shape index (κ1) is 16.2. The third-order valence-corrected chi connectivity index (χ3v) is 4.31. The van der Waals surface area contributed by atoms with E-state index in [2.05, 4.69) is 5.32 Å². The van der Waals surface area contributed by atoms with E-state index in [1.54, 1.807) is 21.3 Å². The lowest BCUT2D eigenvalue weighted by Crippen LogP contribution is -2.36. The van der Waals surface area contributed by atoms with Gasteiger partial charge in [-0.3, -0.25) is 4.79 Å². The van der Waals surface area contributed by atoms with E-state index < -0.39 is 0 Å². The summed E-state index contributed by atoms with van der Waals surface area (Å²) in [4.78, 5) is 12.1. The Morgan fingerprint density at radius 2 is 1.67 bits per heavy atom. The summed E-state index contributed by atoms with van der Waals surface area (Å²) >= 11 is 0. The maximum Gasteiger partial charge on any atom is 0.224 e. The van der Waals surface area contributed by atoms with E-state index >= 15 is 0 Å². The van der Waals surface area contributed by atoms with Crippen molar-refractivity contribution in [3.63, 3.8) is 0 Å². The number of ether oxygens (including phenoxy) is 3. The average molecular weight is 327 g/mol. The van der Waals surface area contributed by atoms with Crippen molar-refractivity contribution in [2.24, 2.45) is 0 Å². The summed E-state index contributed by atoms with van der Waals surface area (Å²) < 4.78 is 15.9. The van der Waals surface area contributed by atoms with Gasteiger partial charge in [0.05, 0.1) is 33.8 Å². The Bertz CT molecular complexity index is 740. The first-order valence-corrected chi connectivity index (χ1v) is 7.81. The summed E-state index contributed by atoms with van der Waals surface area (Å²) in [6.45, 7) is 0. The van der Waals surface area contributed by atoms with Crippen LogP contribution < -0.4 is 19.5 Å². The summed E-state index contributed by atoms with van der Waals surface area (Å²) in [5.41, 5.74) is 3.18. The van der Waals surface area contributed by atoms with Crippen molar-refractivity contribution >= 4 is 5.91 Å². The largest absolute Gasteiger partial charge is 0.497 e. The van der Waals surface area contributed by atoms with Gasteiger partial charge in [-0.25, -0.2) is 0 Å². The average Bonchev–Trinajstić information content (AvgIpc) is 2.61. The van der Waals surface area contributed by atoms with Crippen molar-refractivity contribution in [2.45, 2.75) is 18.9 Å². The summed E-state index contributed by atoms with van der Waals surface area (Å²) in [6.07, 6.45) is 1.06. The fraction of sp³-hybridized carbons (Fsp3) is 0.316. The Hall–Kier alpha value is -2.69. The Kier molecular flexibility index (Phi) is 4.60. The molecule has 0 aromatic heterocycles. The van der Waals surface area contributed by atoms with E-state index in [1.165, 1.54) is 0 Å². The van der Waals surface area contributed by atoms with Crippen LogP contribution in [-0.4, -0.2) is 27.2 Å². The molecule has 0 bridgehead atoms. The second-order valence-electron chi connectivity index (χ2n) is 5.76. The molecule has 0 radical (unpaired) electrons. The zero-order chi connectivity index (χ0) is 17.1. The monoisotopic (exact) mass is 327 g/mol. The molecule has 0 unspecified atom stereocenters. The molecule has 1 aliphatic rings. The molecule has 1 heterocycles. The molecule has 3 rings (SSSR count). The van der Waals surface area contributed by atoms with E-state index in [1.807, 2.05) is 36.4 Å². The van der Waals surface area contributed by atoms with E-state index in [9.17, 15) is 4.79 Å². The van der Waals surface area contributed by atoms with Crippen LogP contribution in [-0.2, 0) is 17.6 Å². The molecule has 0 saturated heterocycles. The molecular formula is C19H21NO4. The number of carbonyl (C=O) groups is 1. The number of amides is 1. The highest BCUT2D eigenvalue weighted by molar-refractivity contribution is 5.82. The highest BCUT2D eigenvalue weighted by Crippen LogP contribution is 2.36. The molecule has 5 heteroatoms. The van der Waals surface area contributed by atoms with Crippen LogP contribution in [0.3, 0.4) is 0 Å². The van der Waals surface area contributed by atoms with Gasteiger partial charge in [-0.2, -0.15) is 0 Å². The van der Waals surface area contributed by atoms with E-state index in [0.29, 0.717) is 24.3 Å². The van der Waals surface area contributed by atoms with Crippen molar-refractivity contribution in [3.8, 4) is 17.2 Å². The van der Waals surface area contributed by atoms with Gasteiger partial charge in [-0.05, 0) is 47.4 Å².